The van der Waals surface area contributed by atoms with Gasteiger partial charge in [0, 0.05) is 11.9 Å². The molecule has 4 nitrogen and oxygen atoms in total. The maximum atomic E-state index is 6.22. The molecule has 0 saturated carbocycles. The number of nitrogen functional groups attached to an aromatic ring is 1. The van der Waals surface area contributed by atoms with Crippen LogP contribution in [0.3, 0.4) is 0 Å². The van der Waals surface area contributed by atoms with Gasteiger partial charge in [-0.15, -0.1) is 10.2 Å². The summed E-state index contributed by atoms with van der Waals surface area (Å²) in [5.41, 5.74) is 12.6. The fourth-order valence-electron chi connectivity index (χ4n) is 3.25. The number of nitrogens with two attached hydrogens (primary N) is 1. The molecule has 2 aromatic heterocycles. The van der Waals surface area contributed by atoms with Crippen LogP contribution in [0.2, 0.25) is 0 Å². The molecule has 2 N–H and O–H groups in total. The van der Waals surface area contributed by atoms with Crippen molar-refractivity contribution in [3.63, 3.8) is 0 Å². The molecule has 0 aliphatic rings. The first-order valence-corrected chi connectivity index (χ1v) is 7.81. The molecule has 0 amide bonds. The normalized spacial score (nSPS) is 11.4. The predicted molar refractivity (Wildman–Crippen MR) is 95.3 cm³/mol. The number of aryl methyl sites for hydroxylation is 2. The second-order valence-electron chi connectivity index (χ2n) is 5.78. The lowest BCUT2D eigenvalue weighted by atomic mass is 10.0. The highest BCUT2D eigenvalue weighted by Crippen LogP contribution is 2.36. The smallest absolute Gasteiger partial charge is 0.156 e. The number of rotatable bonds is 2. The van der Waals surface area contributed by atoms with Gasteiger partial charge in [-0.05, 0) is 25.5 Å². The van der Waals surface area contributed by atoms with Gasteiger partial charge in [0.05, 0.1) is 16.6 Å². The summed E-state index contributed by atoms with van der Waals surface area (Å²) in [6, 6.07) is 16.7. The number of para-hydroxylation sites is 1. The number of fused-ring (bicyclic) bond motifs is 3. The molecule has 0 aliphatic carbocycles. The van der Waals surface area contributed by atoms with E-state index in [0.717, 1.165) is 34.1 Å². The van der Waals surface area contributed by atoms with E-state index in [2.05, 4.69) is 71.1 Å². The van der Waals surface area contributed by atoms with E-state index in [1.54, 1.807) is 0 Å². The summed E-state index contributed by atoms with van der Waals surface area (Å²) in [4.78, 5) is 0. The number of benzene rings is 2. The Labute approximate surface area is 134 Å². The van der Waals surface area contributed by atoms with Crippen LogP contribution < -0.4 is 5.73 Å². The topological polar surface area (TPSA) is 56.7 Å². The molecule has 2 heterocycles. The SMILES string of the molecule is CCn1c2ccccc2c2nnc(N)c(-c3ccc(C)cc3)c21. The molecule has 0 bridgehead atoms. The van der Waals surface area contributed by atoms with Crippen LogP contribution >= 0.6 is 0 Å². The molecule has 0 aliphatic heterocycles. The maximum Gasteiger partial charge on any atom is 0.156 e. The van der Waals surface area contributed by atoms with Crippen molar-refractivity contribution in [1.82, 2.24) is 14.8 Å². The minimum atomic E-state index is 0.471. The maximum absolute atomic E-state index is 6.22. The fourth-order valence-corrected chi connectivity index (χ4v) is 3.25. The number of anilines is 1. The molecular formula is C19H18N4. The lowest BCUT2D eigenvalue weighted by Crippen LogP contribution is -2.01. The molecule has 4 heteroatoms. The lowest BCUT2D eigenvalue weighted by molar-refractivity contribution is 0.826. The highest BCUT2D eigenvalue weighted by atomic mass is 15.2. The van der Waals surface area contributed by atoms with Crippen LogP contribution in [0, 0.1) is 6.92 Å². The van der Waals surface area contributed by atoms with Crippen molar-refractivity contribution >= 4 is 27.8 Å². The summed E-state index contributed by atoms with van der Waals surface area (Å²) in [6.07, 6.45) is 0. The first-order chi connectivity index (χ1) is 11.2. The number of hydrogen-bond donors (Lipinski definition) is 1. The van der Waals surface area contributed by atoms with Gasteiger partial charge in [-0.25, -0.2) is 0 Å². The highest BCUT2D eigenvalue weighted by Gasteiger charge is 2.18. The minimum Gasteiger partial charge on any atom is -0.382 e. The van der Waals surface area contributed by atoms with E-state index < -0.39 is 0 Å². The van der Waals surface area contributed by atoms with Crippen LogP contribution in [0.25, 0.3) is 33.1 Å². The van der Waals surface area contributed by atoms with Gasteiger partial charge in [-0.3, -0.25) is 0 Å². The molecule has 0 spiro atoms. The Kier molecular flexibility index (Phi) is 3.05. The van der Waals surface area contributed by atoms with Crippen LogP contribution in [-0.2, 0) is 6.54 Å². The van der Waals surface area contributed by atoms with Crippen molar-refractivity contribution in [2.75, 3.05) is 5.73 Å². The van der Waals surface area contributed by atoms with Crippen molar-refractivity contribution in [2.45, 2.75) is 20.4 Å². The molecule has 4 aromatic rings. The summed E-state index contributed by atoms with van der Waals surface area (Å²) in [6.45, 7) is 5.08. The van der Waals surface area contributed by atoms with E-state index in [9.17, 15) is 0 Å². The first kappa shape index (κ1) is 13.8. The molecule has 0 saturated heterocycles. The third-order valence-electron chi connectivity index (χ3n) is 4.35. The lowest BCUT2D eigenvalue weighted by Gasteiger charge is -2.10. The van der Waals surface area contributed by atoms with Crippen molar-refractivity contribution in [2.24, 2.45) is 0 Å². The molecule has 0 atom stereocenters. The molecule has 2 aromatic carbocycles. The summed E-state index contributed by atoms with van der Waals surface area (Å²) in [5.74, 6) is 0.471. The van der Waals surface area contributed by atoms with Gasteiger partial charge in [-0.2, -0.15) is 0 Å². The Morgan fingerprint density at radius 2 is 1.74 bits per heavy atom. The molecular weight excluding hydrogens is 284 g/mol. The van der Waals surface area contributed by atoms with E-state index in [0.29, 0.717) is 5.82 Å². The molecule has 23 heavy (non-hydrogen) atoms. The van der Waals surface area contributed by atoms with E-state index in [1.807, 2.05) is 6.07 Å². The molecule has 4 rings (SSSR count). The van der Waals surface area contributed by atoms with Crippen molar-refractivity contribution in [1.29, 1.82) is 0 Å². The standard InChI is InChI=1S/C19H18N4/c1-3-23-15-7-5-4-6-14(15)17-18(23)16(19(20)22-21-17)13-10-8-12(2)9-11-13/h4-11H,3H2,1-2H3,(H2,20,22). The van der Waals surface area contributed by atoms with Gasteiger partial charge < -0.3 is 10.3 Å². The van der Waals surface area contributed by atoms with Gasteiger partial charge in [0.1, 0.15) is 5.52 Å². The molecule has 0 radical (unpaired) electrons. The monoisotopic (exact) mass is 302 g/mol. The van der Waals surface area contributed by atoms with Gasteiger partial charge in [0.2, 0.25) is 0 Å². The van der Waals surface area contributed by atoms with Gasteiger partial charge in [-0.1, -0.05) is 48.0 Å². The third-order valence-corrected chi connectivity index (χ3v) is 4.35. The van der Waals surface area contributed by atoms with Crippen LogP contribution in [-0.4, -0.2) is 14.8 Å². The Morgan fingerprint density at radius 3 is 2.48 bits per heavy atom. The Hall–Kier alpha value is -2.88. The quantitative estimate of drug-likeness (QED) is 0.605. The van der Waals surface area contributed by atoms with Crippen LogP contribution in [0.15, 0.2) is 48.5 Å². The second-order valence-corrected chi connectivity index (χ2v) is 5.78. The summed E-state index contributed by atoms with van der Waals surface area (Å²) >= 11 is 0. The summed E-state index contributed by atoms with van der Waals surface area (Å²) in [7, 11) is 0. The highest BCUT2D eigenvalue weighted by molar-refractivity contribution is 6.11. The van der Waals surface area contributed by atoms with E-state index in [1.165, 1.54) is 11.1 Å². The average Bonchev–Trinajstić information content (AvgIpc) is 2.89. The summed E-state index contributed by atoms with van der Waals surface area (Å²) < 4.78 is 2.27. The third kappa shape index (κ3) is 1.99. The van der Waals surface area contributed by atoms with E-state index in [4.69, 9.17) is 5.73 Å². The van der Waals surface area contributed by atoms with Crippen LogP contribution in [0.4, 0.5) is 5.82 Å². The van der Waals surface area contributed by atoms with E-state index in [-0.39, 0.29) is 0 Å². The Bertz CT molecular complexity index is 1010. The molecule has 114 valence electrons. The Balaban J connectivity index is 2.19. The van der Waals surface area contributed by atoms with Gasteiger partial charge >= 0.3 is 0 Å². The second kappa shape index (κ2) is 5.09. The fraction of sp³-hybridized carbons (Fsp3) is 0.158. The van der Waals surface area contributed by atoms with Crippen molar-refractivity contribution in [3.05, 3.63) is 54.1 Å². The zero-order chi connectivity index (χ0) is 16.0. The number of nitrogens with zero attached hydrogens (tertiary/aromatic N) is 3. The van der Waals surface area contributed by atoms with Gasteiger partial charge in [0.25, 0.3) is 0 Å². The molecule has 0 unspecified atom stereocenters. The van der Waals surface area contributed by atoms with E-state index >= 15 is 0 Å². The van der Waals surface area contributed by atoms with Crippen molar-refractivity contribution in [3.8, 4) is 11.1 Å². The number of aromatic nitrogens is 3. The van der Waals surface area contributed by atoms with Crippen molar-refractivity contribution < 1.29 is 0 Å². The first-order valence-electron chi connectivity index (χ1n) is 7.81. The number of hydrogen-bond acceptors (Lipinski definition) is 3. The van der Waals surface area contributed by atoms with Crippen LogP contribution in [0.5, 0.6) is 0 Å². The summed E-state index contributed by atoms with van der Waals surface area (Å²) in [5, 5.41) is 9.72. The molecule has 0 fully saturated rings. The van der Waals surface area contributed by atoms with Gasteiger partial charge in [0.15, 0.2) is 5.82 Å². The minimum absolute atomic E-state index is 0.471. The zero-order valence-electron chi connectivity index (χ0n) is 13.2. The van der Waals surface area contributed by atoms with Crippen LogP contribution in [0.1, 0.15) is 12.5 Å². The zero-order valence-corrected chi connectivity index (χ0v) is 13.2. The average molecular weight is 302 g/mol. The largest absolute Gasteiger partial charge is 0.382 e. The predicted octanol–water partition coefficient (Wildman–Crippen LogP) is 4.16. The Morgan fingerprint density at radius 1 is 1.00 bits per heavy atom.